The zero-order valence-electron chi connectivity index (χ0n) is 21.6. The first-order valence-electron chi connectivity index (χ1n) is 13.3. The van der Waals surface area contributed by atoms with E-state index in [0.717, 1.165) is 68.4 Å². The molecule has 0 aromatic heterocycles. The molecule has 35 heavy (non-hydrogen) atoms. The van der Waals surface area contributed by atoms with E-state index in [1.54, 1.807) is 11.0 Å². The third-order valence-electron chi connectivity index (χ3n) is 8.66. The molecule has 0 unspecified atom stereocenters. The highest BCUT2D eigenvalue weighted by atomic mass is 19.1. The van der Waals surface area contributed by atoms with E-state index in [1.165, 1.54) is 5.56 Å². The Bertz CT molecular complexity index is 1100. The lowest BCUT2D eigenvalue weighted by Crippen LogP contribution is -2.61. The highest BCUT2D eigenvalue weighted by Gasteiger charge is 2.48. The number of amides is 1. The van der Waals surface area contributed by atoms with Gasteiger partial charge >= 0.3 is 6.09 Å². The number of aryl methyl sites for hydroxylation is 1. The molecule has 4 nitrogen and oxygen atoms in total. The molecular formula is C30H39FN2O2. The van der Waals surface area contributed by atoms with Crippen molar-refractivity contribution in [2.45, 2.75) is 71.9 Å². The van der Waals surface area contributed by atoms with Gasteiger partial charge in [0.25, 0.3) is 0 Å². The van der Waals surface area contributed by atoms with Crippen LogP contribution in [0.15, 0.2) is 36.4 Å². The third-order valence-corrected chi connectivity index (χ3v) is 8.66. The van der Waals surface area contributed by atoms with E-state index in [1.807, 2.05) is 18.2 Å². The SMILES string of the molecule is CC(C)Cc1cccc(-c2cc3c(cc2F)[C@H](N(C(=O)O)[C@@H]2CN4CCC2CC4)C(C)(C)CC3)c1. The summed E-state index contributed by atoms with van der Waals surface area (Å²) in [4.78, 5) is 16.9. The molecule has 1 amide bonds. The van der Waals surface area contributed by atoms with Crippen molar-refractivity contribution < 1.29 is 14.3 Å². The van der Waals surface area contributed by atoms with Gasteiger partial charge in [-0.2, -0.15) is 0 Å². The topological polar surface area (TPSA) is 43.8 Å². The molecule has 3 fully saturated rings. The van der Waals surface area contributed by atoms with Crippen LogP contribution in [0.3, 0.4) is 0 Å². The van der Waals surface area contributed by atoms with Crippen LogP contribution < -0.4 is 0 Å². The van der Waals surface area contributed by atoms with Crippen molar-refractivity contribution in [2.75, 3.05) is 19.6 Å². The predicted molar refractivity (Wildman–Crippen MR) is 138 cm³/mol. The minimum atomic E-state index is -0.874. The number of fused-ring (bicyclic) bond motifs is 4. The van der Waals surface area contributed by atoms with E-state index in [9.17, 15) is 9.90 Å². The van der Waals surface area contributed by atoms with Gasteiger partial charge in [-0.25, -0.2) is 9.18 Å². The van der Waals surface area contributed by atoms with Crippen LogP contribution in [0.2, 0.25) is 0 Å². The summed E-state index contributed by atoms with van der Waals surface area (Å²) < 4.78 is 15.8. The first kappa shape index (κ1) is 24.3. The molecule has 3 aliphatic heterocycles. The fourth-order valence-corrected chi connectivity index (χ4v) is 6.90. The Morgan fingerprint density at radius 2 is 1.94 bits per heavy atom. The number of carbonyl (C=O) groups is 1. The van der Waals surface area contributed by atoms with Crippen LogP contribution in [0.1, 0.15) is 69.7 Å². The largest absolute Gasteiger partial charge is 0.465 e. The van der Waals surface area contributed by atoms with Gasteiger partial charge in [0.2, 0.25) is 0 Å². The monoisotopic (exact) mass is 478 g/mol. The average Bonchev–Trinajstić information content (AvgIpc) is 2.81. The predicted octanol–water partition coefficient (Wildman–Crippen LogP) is 6.78. The normalized spacial score (nSPS) is 27.0. The van der Waals surface area contributed by atoms with E-state index in [-0.39, 0.29) is 23.3 Å². The number of carboxylic acid groups (broad SMARTS) is 1. The van der Waals surface area contributed by atoms with Gasteiger partial charge in [0.15, 0.2) is 0 Å². The molecule has 0 spiro atoms. The fraction of sp³-hybridized carbons (Fsp3) is 0.567. The van der Waals surface area contributed by atoms with Gasteiger partial charge in [-0.15, -0.1) is 0 Å². The quantitative estimate of drug-likeness (QED) is 0.515. The molecule has 0 saturated carbocycles. The summed E-state index contributed by atoms with van der Waals surface area (Å²) in [6.07, 6.45) is 3.91. The molecule has 2 aromatic rings. The third kappa shape index (κ3) is 4.60. The molecule has 3 heterocycles. The van der Waals surface area contributed by atoms with Crippen molar-refractivity contribution in [2.24, 2.45) is 17.3 Å². The van der Waals surface area contributed by atoms with Gasteiger partial charge in [-0.1, -0.05) is 52.0 Å². The summed E-state index contributed by atoms with van der Waals surface area (Å²) in [6.45, 7) is 11.6. The number of rotatable bonds is 5. The van der Waals surface area contributed by atoms with Crippen LogP contribution in [-0.2, 0) is 12.8 Å². The molecule has 4 aliphatic rings. The van der Waals surface area contributed by atoms with Crippen LogP contribution in [-0.4, -0.2) is 46.7 Å². The van der Waals surface area contributed by atoms with Gasteiger partial charge in [0.05, 0.1) is 12.1 Å². The summed E-state index contributed by atoms with van der Waals surface area (Å²) in [5.41, 5.74) is 4.43. The Kier molecular flexibility index (Phi) is 6.41. The Balaban J connectivity index is 1.56. The van der Waals surface area contributed by atoms with E-state index >= 15 is 4.39 Å². The highest BCUT2D eigenvalue weighted by Crippen LogP contribution is 2.50. The standard InChI is InChI=1S/C30H39FN2O2/c1-19(2)14-20-6-5-7-22(15-20)24-16-23-8-11-30(3,4)28(25(23)17-26(24)31)33(29(34)35)27-18-32-12-9-21(27)10-13-32/h5-7,15-17,19,21,27-28H,8-14,18H2,1-4H3,(H,34,35)/t27-,28+/m1/s1. The van der Waals surface area contributed by atoms with E-state index < -0.39 is 6.09 Å². The van der Waals surface area contributed by atoms with Crippen LogP contribution in [0.4, 0.5) is 9.18 Å². The maximum Gasteiger partial charge on any atom is 0.408 e. The maximum absolute atomic E-state index is 15.8. The minimum absolute atomic E-state index is 0.0272. The van der Waals surface area contributed by atoms with Crippen molar-refractivity contribution in [1.29, 1.82) is 0 Å². The lowest BCUT2D eigenvalue weighted by Gasteiger charge is -2.54. The summed E-state index contributed by atoms with van der Waals surface area (Å²) in [6, 6.07) is 11.5. The second-order valence-corrected chi connectivity index (χ2v) is 12.1. The summed E-state index contributed by atoms with van der Waals surface area (Å²) in [5.74, 6) is 0.674. The molecule has 1 aliphatic carbocycles. The number of hydrogen-bond acceptors (Lipinski definition) is 2. The maximum atomic E-state index is 15.8. The second kappa shape index (κ2) is 9.24. The lowest BCUT2D eigenvalue weighted by molar-refractivity contribution is -0.0353. The van der Waals surface area contributed by atoms with Crippen molar-refractivity contribution in [1.82, 2.24) is 9.80 Å². The van der Waals surface area contributed by atoms with E-state index in [2.05, 4.69) is 44.7 Å². The Morgan fingerprint density at radius 3 is 2.57 bits per heavy atom. The fourth-order valence-electron chi connectivity index (χ4n) is 6.90. The van der Waals surface area contributed by atoms with Gasteiger partial charge in [0.1, 0.15) is 5.82 Å². The van der Waals surface area contributed by atoms with Crippen molar-refractivity contribution in [3.63, 3.8) is 0 Å². The zero-order chi connectivity index (χ0) is 24.9. The molecule has 2 aromatic carbocycles. The van der Waals surface area contributed by atoms with Crippen molar-refractivity contribution in [3.8, 4) is 11.1 Å². The van der Waals surface area contributed by atoms with E-state index in [4.69, 9.17) is 0 Å². The van der Waals surface area contributed by atoms with Gasteiger partial charge in [-0.3, -0.25) is 4.90 Å². The van der Waals surface area contributed by atoms with Gasteiger partial charge in [0, 0.05) is 12.1 Å². The summed E-state index contributed by atoms with van der Waals surface area (Å²) in [7, 11) is 0. The smallest absolute Gasteiger partial charge is 0.408 e. The van der Waals surface area contributed by atoms with Crippen LogP contribution >= 0.6 is 0 Å². The molecule has 3 saturated heterocycles. The number of piperidine rings is 3. The molecule has 5 heteroatoms. The molecule has 2 bridgehead atoms. The zero-order valence-corrected chi connectivity index (χ0v) is 21.6. The van der Waals surface area contributed by atoms with Crippen molar-refractivity contribution >= 4 is 6.09 Å². The number of hydrogen-bond donors (Lipinski definition) is 1. The molecule has 6 rings (SSSR count). The lowest BCUT2D eigenvalue weighted by atomic mass is 9.68. The summed E-state index contributed by atoms with van der Waals surface area (Å²) in [5, 5.41) is 10.5. The van der Waals surface area contributed by atoms with Crippen LogP contribution in [0.25, 0.3) is 11.1 Å². The molecule has 188 valence electrons. The summed E-state index contributed by atoms with van der Waals surface area (Å²) >= 11 is 0. The Hall–Kier alpha value is -2.40. The Morgan fingerprint density at radius 1 is 1.20 bits per heavy atom. The second-order valence-electron chi connectivity index (χ2n) is 12.1. The van der Waals surface area contributed by atoms with Crippen molar-refractivity contribution in [3.05, 3.63) is 58.9 Å². The number of halogens is 1. The molecule has 0 radical (unpaired) electrons. The van der Waals surface area contributed by atoms with Gasteiger partial charge in [-0.05, 0) is 96.8 Å². The average molecular weight is 479 g/mol. The Labute approximate surface area is 209 Å². The highest BCUT2D eigenvalue weighted by molar-refractivity contribution is 5.69. The van der Waals surface area contributed by atoms with E-state index in [0.29, 0.717) is 17.4 Å². The van der Waals surface area contributed by atoms with Crippen LogP contribution in [0, 0.1) is 23.1 Å². The van der Waals surface area contributed by atoms with Gasteiger partial charge < -0.3 is 10.0 Å². The molecule has 2 atom stereocenters. The first-order valence-corrected chi connectivity index (χ1v) is 13.3. The molecule has 1 N–H and O–H groups in total. The minimum Gasteiger partial charge on any atom is -0.465 e. The van der Waals surface area contributed by atoms with Crippen LogP contribution in [0.5, 0.6) is 0 Å². The first-order chi connectivity index (χ1) is 16.6. The number of nitrogens with zero attached hydrogens (tertiary/aromatic N) is 2. The molecular weight excluding hydrogens is 439 g/mol. The number of benzene rings is 2.